The molecule has 3 aromatic rings. The van der Waals surface area contributed by atoms with E-state index in [2.05, 4.69) is 39.7 Å². The van der Waals surface area contributed by atoms with Crippen molar-refractivity contribution in [3.05, 3.63) is 30.5 Å². The van der Waals surface area contributed by atoms with Crippen molar-refractivity contribution in [1.82, 2.24) is 19.5 Å². The monoisotopic (exact) mass is 496 g/mol. The van der Waals surface area contributed by atoms with E-state index >= 15 is 0 Å². The number of piperidine rings is 1. The van der Waals surface area contributed by atoms with E-state index in [-0.39, 0.29) is 23.9 Å². The van der Waals surface area contributed by atoms with E-state index in [0.29, 0.717) is 41.8 Å². The number of hydrogen-bond acceptors (Lipinski definition) is 8. The number of methoxy groups -OCH3 is 1. The van der Waals surface area contributed by atoms with Crippen LogP contribution in [-0.2, 0) is 4.79 Å². The van der Waals surface area contributed by atoms with Crippen molar-refractivity contribution in [2.45, 2.75) is 46.3 Å². The van der Waals surface area contributed by atoms with Gasteiger partial charge in [-0.3, -0.25) is 4.79 Å². The van der Waals surface area contributed by atoms with Gasteiger partial charge in [0, 0.05) is 49.8 Å². The highest BCUT2D eigenvalue weighted by Crippen LogP contribution is 2.37. The second-order valence-electron chi connectivity index (χ2n) is 9.89. The largest absolute Gasteiger partial charge is 0.479 e. The van der Waals surface area contributed by atoms with Crippen LogP contribution in [0.4, 0.5) is 21.7 Å². The van der Waals surface area contributed by atoms with Crippen LogP contribution in [0.1, 0.15) is 34.1 Å². The predicted molar refractivity (Wildman–Crippen MR) is 137 cm³/mol. The summed E-state index contributed by atoms with van der Waals surface area (Å²) in [5.74, 6) is 0.939. The van der Waals surface area contributed by atoms with Gasteiger partial charge >= 0.3 is 0 Å². The Balaban J connectivity index is 1.66. The molecule has 10 nitrogen and oxygen atoms in total. The average molecular weight is 497 g/mol. The van der Waals surface area contributed by atoms with Crippen LogP contribution in [0, 0.1) is 10.9 Å². The summed E-state index contributed by atoms with van der Waals surface area (Å²) >= 11 is 0. The van der Waals surface area contributed by atoms with Crippen molar-refractivity contribution in [2.75, 3.05) is 37.4 Å². The third-order valence-electron chi connectivity index (χ3n) is 6.65. The molecule has 0 bridgehead atoms. The Morgan fingerprint density at radius 3 is 2.81 bits per heavy atom. The quantitative estimate of drug-likeness (QED) is 0.382. The summed E-state index contributed by atoms with van der Waals surface area (Å²) in [4.78, 5) is 18.4. The Morgan fingerprint density at radius 2 is 2.17 bits per heavy atom. The fourth-order valence-corrected chi connectivity index (χ4v) is 4.67. The van der Waals surface area contributed by atoms with Crippen molar-refractivity contribution in [3.8, 4) is 17.0 Å². The van der Waals surface area contributed by atoms with Crippen molar-refractivity contribution < 1.29 is 13.9 Å². The predicted octanol–water partition coefficient (Wildman–Crippen LogP) is 4.90. The van der Waals surface area contributed by atoms with Crippen LogP contribution >= 0.6 is 0 Å². The standard InChI is InChI=1S/C25H33FN8O2/c1-15(26)13-28-20-12-17(6-7-19(20)31-27)18-8-11-34-22(18)23(36-5)30-24(32-34)29-21-9-10-33(16(2)35)14-25(21,3)4/h6-8,11-12,15,21,27-28H,9-10,13-14H2,1-5H3,(H,29,32)/t15-,21-/m0/s1. The number of fused-ring (bicyclic) bond motifs is 1. The Labute approximate surface area is 209 Å². The summed E-state index contributed by atoms with van der Waals surface area (Å²) in [6.07, 6.45) is 1.58. The van der Waals surface area contributed by atoms with Gasteiger partial charge in [0.25, 0.3) is 0 Å². The van der Waals surface area contributed by atoms with Gasteiger partial charge in [-0.15, -0.1) is 5.10 Å². The van der Waals surface area contributed by atoms with Gasteiger partial charge in [-0.05, 0) is 37.1 Å². The van der Waals surface area contributed by atoms with Crippen LogP contribution in [0.3, 0.4) is 0 Å². The van der Waals surface area contributed by atoms with Gasteiger partial charge in [-0.1, -0.05) is 19.9 Å². The number of carbonyl (C=O) groups excluding carboxylic acids is 1. The van der Waals surface area contributed by atoms with Gasteiger partial charge in [0.05, 0.1) is 12.8 Å². The topological polar surface area (TPSA) is 120 Å². The van der Waals surface area contributed by atoms with E-state index in [1.54, 1.807) is 24.6 Å². The Hall–Kier alpha value is -3.76. The number of halogens is 1. The van der Waals surface area contributed by atoms with E-state index in [1.807, 2.05) is 29.3 Å². The van der Waals surface area contributed by atoms with E-state index < -0.39 is 6.17 Å². The molecule has 2 aromatic heterocycles. The van der Waals surface area contributed by atoms with Crippen LogP contribution in [0.5, 0.6) is 5.88 Å². The highest BCUT2D eigenvalue weighted by Gasteiger charge is 2.37. The lowest BCUT2D eigenvalue weighted by atomic mass is 9.79. The first kappa shape index (κ1) is 25.3. The third-order valence-corrected chi connectivity index (χ3v) is 6.65. The zero-order chi connectivity index (χ0) is 26.0. The Kier molecular flexibility index (Phi) is 7.09. The molecule has 0 saturated carbocycles. The highest BCUT2D eigenvalue weighted by atomic mass is 19.1. The first-order valence-corrected chi connectivity index (χ1v) is 12.0. The van der Waals surface area contributed by atoms with Gasteiger partial charge < -0.3 is 20.3 Å². The SMILES string of the molecule is COc1nc(N[C@H]2CCN(C(C)=O)CC2(C)C)nn2ccc(-c3ccc(N=N)c(NC[C@H](C)F)c3)c12. The Morgan fingerprint density at radius 1 is 1.39 bits per heavy atom. The molecule has 4 rings (SSSR count). The molecule has 36 heavy (non-hydrogen) atoms. The number of benzene rings is 1. The lowest BCUT2D eigenvalue weighted by molar-refractivity contribution is -0.132. The van der Waals surface area contributed by atoms with Gasteiger partial charge in [0.1, 0.15) is 17.4 Å². The molecule has 1 fully saturated rings. The second kappa shape index (κ2) is 10.1. The fourth-order valence-electron chi connectivity index (χ4n) is 4.67. The molecule has 1 amide bonds. The number of carbonyl (C=O) groups is 1. The maximum absolute atomic E-state index is 13.4. The summed E-state index contributed by atoms with van der Waals surface area (Å²) in [7, 11) is 1.57. The van der Waals surface area contributed by atoms with E-state index in [9.17, 15) is 9.18 Å². The minimum Gasteiger partial charge on any atom is -0.479 e. The molecule has 192 valence electrons. The Bertz CT molecular complexity index is 1270. The number of rotatable bonds is 8. The van der Waals surface area contributed by atoms with Gasteiger partial charge in [0.15, 0.2) is 0 Å². The first-order chi connectivity index (χ1) is 17.1. The van der Waals surface area contributed by atoms with Crippen LogP contribution in [0.25, 0.3) is 16.6 Å². The number of aromatic nitrogens is 3. The lowest BCUT2D eigenvalue weighted by Gasteiger charge is -2.44. The molecule has 2 atom stereocenters. The van der Waals surface area contributed by atoms with Crippen LogP contribution in [0.2, 0.25) is 0 Å². The number of alkyl halides is 1. The fraction of sp³-hybridized carbons (Fsp3) is 0.480. The van der Waals surface area contributed by atoms with Crippen LogP contribution in [0.15, 0.2) is 35.6 Å². The number of amides is 1. The number of nitrogens with one attached hydrogen (secondary N) is 3. The molecule has 0 spiro atoms. The maximum Gasteiger partial charge on any atom is 0.244 e. The number of hydrogen-bond donors (Lipinski definition) is 3. The van der Waals surface area contributed by atoms with Crippen molar-refractivity contribution >= 4 is 28.7 Å². The van der Waals surface area contributed by atoms with Gasteiger partial charge in [-0.25, -0.2) is 14.4 Å². The van der Waals surface area contributed by atoms with Crippen LogP contribution < -0.4 is 15.4 Å². The minimum absolute atomic E-state index is 0.0815. The van der Waals surface area contributed by atoms with Gasteiger partial charge in [0.2, 0.25) is 17.7 Å². The molecule has 1 saturated heterocycles. The molecule has 3 heterocycles. The minimum atomic E-state index is -1.04. The molecule has 11 heteroatoms. The molecule has 0 unspecified atom stereocenters. The molecule has 0 aliphatic carbocycles. The number of likely N-dealkylation sites (tertiary alicyclic amines) is 1. The molecule has 0 radical (unpaired) electrons. The summed E-state index contributed by atoms with van der Waals surface area (Å²) in [5, 5.41) is 14.7. The summed E-state index contributed by atoms with van der Waals surface area (Å²) < 4.78 is 20.8. The number of nitrogens with zero attached hydrogens (tertiary/aromatic N) is 5. The second-order valence-corrected chi connectivity index (χ2v) is 9.89. The van der Waals surface area contributed by atoms with E-state index in [0.717, 1.165) is 17.5 Å². The zero-order valence-corrected chi connectivity index (χ0v) is 21.3. The van der Waals surface area contributed by atoms with Crippen molar-refractivity contribution in [1.29, 1.82) is 5.53 Å². The van der Waals surface area contributed by atoms with E-state index in [4.69, 9.17) is 10.3 Å². The van der Waals surface area contributed by atoms with Gasteiger partial charge in [-0.2, -0.15) is 10.1 Å². The third kappa shape index (κ3) is 5.09. The zero-order valence-electron chi connectivity index (χ0n) is 21.3. The maximum atomic E-state index is 13.4. The smallest absolute Gasteiger partial charge is 0.244 e. The highest BCUT2D eigenvalue weighted by molar-refractivity contribution is 5.87. The molecular weight excluding hydrogens is 463 g/mol. The average Bonchev–Trinajstić information content (AvgIpc) is 3.27. The molecule has 1 aliphatic heterocycles. The normalized spacial score (nSPS) is 18.1. The summed E-state index contributed by atoms with van der Waals surface area (Å²) in [5.41, 5.74) is 10.6. The molecular formula is C25H33FN8O2. The van der Waals surface area contributed by atoms with Crippen LogP contribution in [-0.4, -0.2) is 64.4 Å². The van der Waals surface area contributed by atoms with Crippen molar-refractivity contribution in [3.63, 3.8) is 0 Å². The lowest BCUT2D eigenvalue weighted by Crippen LogP contribution is -2.53. The van der Waals surface area contributed by atoms with Crippen molar-refractivity contribution in [2.24, 2.45) is 10.5 Å². The molecule has 3 N–H and O–H groups in total. The van der Waals surface area contributed by atoms with E-state index in [1.165, 1.54) is 6.92 Å². The molecule has 1 aliphatic rings. The summed E-state index contributed by atoms with van der Waals surface area (Å²) in [6.45, 7) is 8.79. The number of ether oxygens (including phenoxy) is 1. The number of anilines is 2. The summed E-state index contributed by atoms with van der Waals surface area (Å²) in [6, 6.07) is 7.40. The first-order valence-electron chi connectivity index (χ1n) is 12.0. The molecule has 1 aromatic carbocycles.